The Kier molecular flexibility index (Phi) is 5.24. The van der Waals surface area contributed by atoms with E-state index in [2.05, 4.69) is 17.1 Å². The van der Waals surface area contributed by atoms with Crippen molar-refractivity contribution in [3.05, 3.63) is 54.1 Å². The summed E-state index contributed by atoms with van der Waals surface area (Å²) in [6, 6.07) is 12.1. The van der Waals surface area contributed by atoms with E-state index in [1.807, 2.05) is 29.2 Å². The number of rotatable bonds is 5. The largest absolute Gasteiger partial charge is 0.373 e. The molecule has 1 amide bonds. The fourth-order valence-electron chi connectivity index (χ4n) is 2.86. The van der Waals surface area contributed by atoms with Crippen LogP contribution in [0.4, 0.5) is 0 Å². The van der Waals surface area contributed by atoms with Crippen LogP contribution < -0.4 is 0 Å². The van der Waals surface area contributed by atoms with Gasteiger partial charge in [0.05, 0.1) is 12.7 Å². The molecule has 1 aliphatic heterocycles. The standard InChI is InChI=1S/C18H20N4O2/c19-12-17-20-8-11-22(17)13-18(23)21-9-6-16(7-10-21)24-14-15-4-2-1-3-5-15/h1-5,8,11,16H,6-7,9-10,13-14H2. The zero-order valence-corrected chi connectivity index (χ0v) is 13.5. The first kappa shape index (κ1) is 16.2. The van der Waals surface area contributed by atoms with E-state index in [0.717, 1.165) is 12.8 Å². The molecule has 1 aliphatic rings. The monoisotopic (exact) mass is 324 g/mol. The number of hydrogen-bond donors (Lipinski definition) is 0. The Morgan fingerprint density at radius 3 is 2.75 bits per heavy atom. The lowest BCUT2D eigenvalue weighted by Crippen LogP contribution is -2.42. The molecule has 0 aliphatic carbocycles. The van der Waals surface area contributed by atoms with Crippen LogP contribution in [0.3, 0.4) is 0 Å². The molecular weight excluding hydrogens is 304 g/mol. The second-order valence-electron chi connectivity index (χ2n) is 5.87. The zero-order valence-electron chi connectivity index (χ0n) is 13.5. The van der Waals surface area contributed by atoms with Crippen molar-refractivity contribution in [2.24, 2.45) is 0 Å². The Hall–Kier alpha value is -2.65. The summed E-state index contributed by atoms with van der Waals surface area (Å²) in [5.74, 6) is 0.287. The average Bonchev–Trinajstić information content (AvgIpc) is 3.08. The number of ether oxygens (including phenoxy) is 1. The van der Waals surface area contributed by atoms with E-state index in [4.69, 9.17) is 10.00 Å². The number of piperidine rings is 1. The van der Waals surface area contributed by atoms with Crippen molar-refractivity contribution >= 4 is 5.91 Å². The number of amides is 1. The van der Waals surface area contributed by atoms with Gasteiger partial charge < -0.3 is 14.2 Å². The number of benzene rings is 1. The van der Waals surface area contributed by atoms with Crippen molar-refractivity contribution in [2.75, 3.05) is 13.1 Å². The second kappa shape index (κ2) is 7.75. The number of hydrogen-bond acceptors (Lipinski definition) is 4. The molecule has 2 heterocycles. The highest BCUT2D eigenvalue weighted by atomic mass is 16.5. The lowest BCUT2D eigenvalue weighted by molar-refractivity contribution is -0.134. The van der Waals surface area contributed by atoms with Gasteiger partial charge in [-0.1, -0.05) is 30.3 Å². The van der Waals surface area contributed by atoms with Crippen LogP contribution >= 0.6 is 0 Å². The minimum Gasteiger partial charge on any atom is -0.373 e. The summed E-state index contributed by atoms with van der Waals surface area (Å²) in [6.45, 7) is 2.15. The lowest BCUT2D eigenvalue weighted by atomic mass is 10.1. The third kappa shape index (κ3) is 4.00. The predicted molar refractivity (Wildman–Crippen MR) is 87.8 cm³/mol. The predicted octanol–water partition coefficient (Wildman–Crippen LogP) is 1.96. The summed E-state index contributed by atoms with van der Waals surface area (Å²) < 4.78 is 7.53. The average molecular weight is 324 g/mol. The number of likely N-dealkylation sites (tertiary alicyclic amines) is 1. The highest BCUT2D eigenvalue weighted by Gasteiger charge is 2.23. The van der Waals surface area contributed by atoms with E-state index in [9.17, 15) is 4.79 Å². The number of aromatic nitrogens is 2. The first-order valence-electron chi connectivity index (χ1n) is 8.11. The fraction of sp³-hybridized carbons (Fsp3) is 0.389. The molecule has 24 heavy (non-hydrogen) atoms. The first-order chi connectivity index (χ1) is 11.8. The molecule has 0 radical (unpaired) electrons. The summed E-state index contributed by atoms with van der Waals surface area (Å²) in [6.07, 6.45) is 5.07. The Labute approximate surface area is 141 Å². The van der Waals surface area contributed by atoms with Crippen molar-refractivity contribution in [3.8, 4) is 6.07 Å². The van der Waals surface area contributed by atoms with Gasteiger partial charge in [0.2, 0.25) is 11.7 Å². The van der Waals surface area contributed by atoms with Crippen LogP contribution in [0.1, 0.15) is 24.2 Å². The molecule has 1 aromatic carbocycles. The van der Waals surface area contributed by atoms with Crippen molar-refractivity contribution in [2.45, 2.75) is 32.1 Å². The topological polar surface area (TPSA) is 71.2 Å². The van der Waals surface area contributed by atoms with Gasteiger partial charge in [-0.25, -0.2) is 4.98 Å². The minimum absolute atomic E-state index is 0.0195. The van der Waals surface area contributed by atoms with Gasteiger partial charge in [-0.15, -0.1) is 0 Å². The van der Waals surface area contributed by atoms with E-state index in [1.165, 1.54) is 11.8 Å². The first-order valence-corrected chi connectivity index (χ1v) is 8.11. The summed E-state index contributed by atoms with van der Waals surface area (Å²) in [5.41, 5.74) is 1.17. The number of imidazole rings is 1. The number of nitrogens with zero attached hydrogens (tertiary/aromatic N) is 4. The maximum atomic E-state index is 12.3. The summed E-state index contributed by atoms with van der Waals surface area (Å²) in [7, 11) is 0. The molecule has 6 heteroatoms. The Morgan fingerprint density at radius 2 is 2.04 bits per heavy atom. The highest BCUT2D eigenvalue weighted by Crippen LogP contribution is 2.16. The molecular formula is C18H20N4O2. The van der Waals surface area contributed by atoms with Crippen LogP contribution in [0.15, 0.2) is 42.7 Å². The third-order valence-corrected chi connectivity index (χ3v) is 4.24. The molecule has 0 N–H and O–H groups in total. The van der Waals surface area contributed by atoms with Gasteiger partial charge in [-0.05, 0) is 18.4 Å². The van der Waals surface area contributed by atoms with Crippen molar-refractivity contribution in [3.63, 3.8) is 0 Å². The Morgan fingerprint density at radius 1 is 1.29 bits per heavy atom. The van der Waals surface area contributed by atoms with Crippen LogP contribution in [0.5, 0.6) is 0 Å². The van der Waals surface area contributed by atoms with Gasteiger partial charge in [-0.3, -0.25) is 4.79 Å². The van der Waals surface area contributed by atoms with Crippen molar-refractivity contribution < 1.29 is 9.53 Å². The molecule has 6 nitrogen and oxygen atoms in total. The fourth-order valence-corrected chi connectivity index (χ4v) is 2.86. The summed E-state index contributed by atoms with van der Waals surface area (Å²) in [4.78, 5) is 18.1. The van der Waals surface area contributed by atoms with Crippen LogP contribution in [0, 0.1) is 11.3 Å². The van der Waals surface area contributed by atoms with Gasteiger partial charge in [0.25, 0.3) is 0 Å². The number of nitriles is 1. The third-order valence-electron chi connectivity index (χ3n) is 4.24. The van der Waals surface area contributed by atoms with Gasteiger partial charge >= 0.3 is 0 Å². The lowest BCUT2D eigenvalue weighted by Gasteiger charge is -2.32. The van der Waals surface area contributed by atoms with Crippen molar-refractivity contribution in [1.82, 2.24) is 14.5 Å². The quantitative estimate of drug-likeness (QED) is 0.843. The Balaban J connectivity index is 1.45. The SMILES string of the molecule is N#Cc1nccn1CC(=O)N1CCC(OCc2ccccc2)CC1. The number of carbonyl (C=O) groups excluding carboxylic acids is 1. The van der Waals surface area contributed by atoms with E-state index < -0.39 is 0 Å². The molecule has 1 aromatic heterocycles. The van der Waals surface area contributed by atoms with E-state index >= 15 is 0 Å². The maximum absolute atomic E-state index is 12.3. The van der Waals surface area contributed by atoms with E-state index in [-0.39, 0.29) is 24.4 Å². The van der Waals surface area contributed by atoms with Crippen LogP contribution in [-0.4, -0.2) is 39.6 Å². The van der Waals surface area contributed by atoms with Gasteiger partial charge in [0, 0.05) is 25.5 Å². The van der Waals surface area contributed by atoms with Crippen LogP contribution in [-0.2, 0) is 22.7 Å². The zero-order chi connectivity index (χ0) is 16.8. The maximum Gasteiger partial charge on any atom is 0.242 e. The molecule has 0 unspecified atom stereocenters. The van der Waals surface area contributed by atoms with Crippen molar-refractivity contribution in [1.29, 1.82) is 5.26 Å². The molecule has 0 saturated carbocycles. The molecule has 0 spiro atoms. The molecule has 124 valence electrons. The minimum atomic E-state index is 0.0195. The van der Waals surface area contributed by atoms with E-state index in [0.29, 0.717) is 19.7 Å². The molecule has 3 rings (SSSR count). The van der Waals surface area contributed by atoms with Gasteiger partial charge in [0.15, 0.2) is 0 Å². The highest BCUT2D eigenvalue weighted by molar-refractivity contribution is 5.76. The van der Waals surface area contributed by atoms with E-state index in [1.54, 1.807) is 10.8 Å². The van der Waals surface area contributed by atoms with Crippen LogP contribution in [0.25, 0.3) is 0 Å². The smallest absolute Gasteiger partial charge is 0.242 e. The molecule has 1 fully saturated rings. The molecule has 0 atom stereocenters. The summed E-state index contributed by atoms with van der Waals surface area (Å²) >= 11 is 0. The number of carbonyl (C=O) groups is 1. The molecule has 0 bridgehead atoms. The Bertz CT molecular complexity index is 712. The van der Waals surface area contributed by atoms with Gasteiger partial charge in [0.1, 0.15) is 12.6 Å². The summed E-state index contributed by atoms with van der Waals surface area (Å²) in [5, 5.41) is 8.94. The second-order valence-corrected chi connectivity index (χ2v) is 5.87. The van der Waals surface area contributed by atoms with Gasteiger partial charge in [-0.2, -0.15) is 5.26 Å². The molecule has 1 saturated heterocycles. The molecule has 2 aromatic rings. The van der Waals surface area contributed by atoms with Crippen LogP contribution in [0.2, 0.25) is 0 Å². The normalized spacial score (nSPS) is 15.2.